The molecule has 0 radical (unpaired) electrons. The van der Waals surface area contributed by atoms with E-state index in [1.54, 1.807) is 20.8 Å². The molecule has 13 nitrogen and oxygen atoms in total. The number of ether oxygens (including phenoxy) is 1. The number of carbonyl (C=O) groups is 5. The van der Waals surface area contributed by atoms with E-state index in [4.69, 9.17) is 9.57 Å². The van der Waals surface area contributed by atoms with Crippen LogP contribution < -0.4 is 10.6 Å². The standard InChI is InChI=1S/C22H25N5O8S2/c1-6-11-7-36-18-14(17(30)27(18)15(11)19(31)32)25-16(29)13(12-8-37-21(24-12)23-9-28)26-35-10(2)20(33)34-22(3,4)5/h6,8-10,14,18H,1,7H2,2-5H3,(H,25,29)(H,31,32)(H,23,24,28)/b26-13+/t10?,14?,18-/m1/s1. The Hall–Kier alpha value is -3.72. The molecule has 2 aliphatic rings. The SMILES string of the molecule is C=CC1=C(C(=O)O)N2C(=O)C(NC(=O)/C(=N/OC(C)C(=O)OC(C)(C)C)c3csc(NC=O)n3)[C@H]2SC1. The Labute approximate surface area is 219 Å². The smallest absolute Gasteiger partial charge is 0.352 e. The number of β-lactam (4-membered cyclic amide) rings is 1. The van der Waals surface area contributed by atoms with Crippen LogP contribution >= 0.6 is 23.1 Å². The van der Waals surface area contributed by atoms with Crippen molar-refractivity contribution in [3.05, 3.63) is 35.0 Å². The van der Waals surface area contributed by atoms with Gasteiger partial charge in [-0.25, -0.2) is 14.6 Å². The van der Waals surface area contributed by atoms with Gasteiger partial charge in [0.25, 0.3) is 11.8 Å². The quantitative estimate of drug-likeness (QED) is 0.125. The number of fused-ring (bicyclic) bond motifs is 1. The predicted molar refractivity (Wildman–Crippen MR) is 135 cm³/mol. The van der Waals surface area contributed by atoms with Gasteiger partial charge in [0.15, 0.2) is 10.8 Å². The molecular formula is C22H25N5O8S2. The minimum atomic E-state index is -1.28. The van der Waals surface area contributed by atoms with Crippen molar-refractivity contribution in [1.29, 1.82) is 0 Å². The van der Waals surface area contributed by atoms with E-state index in [1.807, 2.05) is 0 Å². The molecule has 1 saturated heterocycles. The summed E-state index contributed by atoms with van der Waals surface area (Å²) in [4.78, 5) is 71.2. The van der Waals surface area contributed by atoms with Crippen LogP contribution in [-0.2, 0) is 33.5 Å². The lowest BCUT2D eigenvalue weighted by Crippen LogP contribution is -2.71. The highest BCUT2D eigenvalue weighted by Crippen LogP contribution is 2.40. The number of thioether (sulfide) groups is 1. The van der Waals surface area contributed by atoms with Crippen LogP contribution in [0.15, 0.2) is 34.5 Å². The van der Waals surface area contributed by atoms with Gasteiger partial charge in [-0.15, -0.1) is 23.1 Å². The highest BCUT2D eigenvalue weighted by Gasteiger charge is 2.54. The third kappa shape index (κ3) is 6.17. The average Bonchev–Trinajstić information content (AvgIpc) is 3.28. The highest BCUT2D eigenvalue weighted by molar-refractivity contribution is 8.00. The van der Waals surface area contributed by atoms with Gasteiger partial charge in [-0.3, -0.25) is 19.3 Å². The van der Waals surface area contributed by atoms with Crippen molar-refractivity contribution in [2.75, 3.05) is 11.1 Å². The number of nitrogens with one attached hydrogen (secondary N) is 2. The maximum atomic E-state index is 13.2. The van der Waals surface area contributed by atoms with E-state index in [2.05, 4.69) is 27.4 Å². The summed E-state index contributed by atoms with van der Waals surface area (Å²) in [6, 6.07) is -1.04. The van der Waals surface area contributed by atoms with Gasteiger partial charge in [-0.2, -0.15) is 0 Å². The van der Waals surface area contributed by atoms with Gasteiger partial charge in [0.05, 0.1) is 0 Å². The molecule has 3 atom stereocenters. The monoisotopic (exact) mass is 551 g/mol. The molecule has 0 spiro atoms. The average molecular weight is 552 g/mol. The van der Waals surface area contributed by atoms with E-state index in [0.29, 0.717) is 12.0 Å². The van der Waals surface area contributed by atoms with Gasteiger partial charge in [-0.05, 0) is 33.3 Å². The van der Waals surface area contributed by atoms with Gasteiger partial charge in [0.2, 0.25) is 12.5 Å². The summed E-state index contributed by atoms with van der Waals surface area (Å²) in [6.45, 7) is 10.0. The Morgan fingerprint density at radius 3 is 2.68 bits per heavy atom. The molecule has 0 aromatic carbocycles. The normalized spacial score (nSPS) is 20.3. The van der Waals surface area contributed by atoms with Crippen LogP contribution in [0.4, 0.5) is 5.13 Å². The molecule has 198 valence electrons. The van der Waals surface area contributed by atoms with Gasteiger partial charge < -0.3 is 25.3 Å². The third-order valence-electron chi connectivity index (χ3n) is 4.92. The van der Waals surface area contributed by atoms with Crippen LogP contribution in [0.5, 0.6) is 0 Å². The number of hydrogen-bond donors (Lipinski definition) is 3. The molecule has 0 bridgehead atoms. The zero-order valence-corrected chi connectivity index (χ0v) is 22.0. The highest BCUT2D eigenvalue weighted by atomic mass is 32.2. The van der Waals surface area contributed by atoms with Gasteiger partial charge in [0, 0.05) is 11.1 Å². The predicted octanol–water partition coefficient (Wildman–Crippen LogP) is 1.09. The molecule has 15 heteroatoms. The number of rotatable bonds is 10. The van der Waals surface area contributed by atoms with Crippen molar-refractivity contribution in [2.45, 2.75) is 50.8 Å². The van der Waals surface area contributed by atoms with Crippen LogP contribution in [0.2, 0.25) is 0 Å². The second kappa shape index (κ2) is 11.1. The fourth-order valence-electron chi connectivity index (χ4n) is 3.27. The number of thiazole rings is 1. The maximum absolute atomic E-state index is 13.2. The largest absolute Gasteiger partial charge is 0.477 e. The van der Waals surface area contributed by atoms with Crippen LogP contribution in [0.1, 0.15) is 33.4 Å². The molecule has 1 aromatic rings. The van der Waals surface area contributed by atoms with E-state index >= 15 is 0 Å². The van der Waals surface area contributed by atoms with E-state index in [9.17, 15) is 29.1 Å². The minimum absolute atomic E-state index is 0.0169. The van der Waals surface area contributed by atoms with Crippen molar-refractivity contribution in [3.63, 3.8) is 0 Å². The lowest BCUT2D eigenvalue weighted by molar-refractivity contribution is -0.167. The molecule has 2 unspecified atom stereocenters. The molecular weight excluding hydrogens is 526 g/mol. The number of nitrogens with zero attached hydrogens (tertiary/aromatic N) is 3. The number of carbonyl (C=O) groups excluding carboxylic acids is 4. The summed E-state index contributed by atoms with van der Waals surface area (Å²) in [7, 11) is 0. The van der Waals surface area contributed by atoms with E-state index in [0.717, 1.165) is 16.2 Å². The topological polar surface area (TPSA) is 177 Å². The van der Waals surface area contributed by atoms with E-state index in [-0.39, 0.29) is 28.0 Å². The number of amides is 3. The number of anilines is 1. The fourth-order valence-corrected chi connectivity index (χ4v) is 5.27. The molecule has 1 aromatic heterocycles. The summed E-state index contributed by atoms with van der Waals surface area (Å²) < 4.78 is 5.24. The van der Waals surface area contributed by atoms with Gasteiger partial charge in [0.1, 0.15) is 28.4 Å². The number of allylic oxidation sites excluding steroid dienone is 1. The lowest BCUT2D eigenvalue weighted by Gasteiger charge is -2.49. The minimum Gasteiger partial charge on any atom is -0.477 e. The summed E-state index contributed by atoms with van der Waals surface area (Å²) >= 11 is 2.28. The van der Waals surface area contributed by atoms with Crippen LogP contribution in [-0.4, -0.2) is 79.7 Å². The Morgan fingerprint density at radius 1 is 1.38 bits per heavy atom. The molecule has 0 aliphatic carbocycles. The summed E-state index contributed by atoms with van der Waals surface area (Å²) in [6.07, 6.45) is 0.615. The first-order chi connectivity index (χ1) is 17.4. The first kappa shape index (κ1) is 27.9. The van der Waals surface area contributed by atoms with Crippen molar-refractivity contribution in [3.8, 4) is 0 Å². The van der Waals surface area contributed by atoms with Crippen LogP contribution in [0.25, 0.3) is 0 Å². The Morgan fingerprint density at radius 2 is 2.08 bits per heavy atom. The number of carboxylic acid groups (broad SMARTS) is 1. The number of carboxylic acids is 1. The molecule has 37 heavy (non-hydrogen) atoms. The van der Waals surface area contributed by atoms with Crippen molar-refractivity contribution >= 4 is 64.1 Å². The van der Waals surface area contributed by atoms with E-state index < -0.39 is 46.9 Å². The molecule has 3 amide bonds. The molecule has 3 heterocycles. The van der Waals surface area contributed by atoms with Crippen molar-refractivity contribution in [1.82, 2.24) is 15.2 Å². The Bertz CT molecular complexity index is 1200. The molecule has 2 aliphatic heterocycles. The number of oxime groups is 1. The molecule has 3 N–H and O–H groups in total. The zero-order chi connectivity index (χ0) is 27.5. The number of aliphatic carboxylic acids is 1. The molecule has 3 rings (SSSR count). The first-order valence-corrected chi connectivity index (χ1v) is 12.8. The number of esters is 1. The zero-order valence-electron chi connectivity index (χ0n) is 20.3. The number of hydrogen-bond acceptors (Lipinski definition) is 11. The van der Waals surface area contributed by atoms with E-state index in [1.165, 1.54) is 30.1 Å². The lowest BCUT2D eigenvalue weighted by atomic mass is 10.0. The third-order valence-corrected chi connectivity index (χ3v) is 6.99. The van der Waals surface area contributed by atoms with Crippen molar-refractivity contribution < 1.29 is 38.7 Å². The first-order valence-electron chi connectivity index (χ1n) is 10.8. The Balaban J connectivity index is 1.82. The Kier molecular flexibility index (Phi) is 8.38. The number of aromatic nitrogens is 1. The second-order valence-corrected chi connectivity index (χ2v) is 10.7. The maximum Gasteiger partial charge on any atom is 0.352 e. The fraction of sp³-hybridized carbons (Fsp3) is 0.409. The van der Waals surface area contributed by atoms with Gasteiger partial charge >= 0.3 is 11.9 Å². The van der Waals surface area contributed by atoms with Gasteiger partial charge in [-0.1, -0.05) is 17.8 Å². The second-order valence-electron chi connectivity index (χ2n) is 8.77. The summed E-state index contributed by atoms with van der Waals surface area (Å²) in [5, 5.41) is 19.2. The molecule has 1 fully saturated rings. The van der Waals surface area contributed by atoms with Crippen LogP contribution in [0.3, 0.4) is 0 Å². The molecule has 0 saturated carbocycles. The summed E-state index contributed by atoms with van der Waals surface area (Å²) in [5.41, 5.74) is -0.897. The van der Waals surface area contributed by atoms with Crippen molar-refractivity contribution in [2.24, 2.45) is 5.16 Å². The van der Waals surface area contributed by atoms with Crippen LogP contribution in [0, 0.1) is 0 Å². The summed E-state index contributed by atoms with van der Waals surface area (Å²) in [5.74, 6) is -3.18.